The largest absolute Gasteiger partial charge is 0.396 e. The van der Waals surface area contributed by atoms with E-state index in [9.17, 15) is 14.0 Å². The maximum Gasteiger partial charge on any atom is 0.296 e. The molecule has 1 heterocycles. The van der Waals surface area contributed by atoms with Crippen LogP contribution >= 0.6 is 11.8 Å². The Balaban J connectivity index is 2.24. The molecule has 0 bridgehead atoms. The third kappa shape index (κ3) is 2.32. The molecule has 0 radical (unpaired) electrons. The lowest BCUT2D eigenvalue weighted by atomic mass is 10.1. The lowest BCUT2D eigenvalue weighted by molar-refractivity contribution is -0.112. The summed E-state index contributed by atoms with van der Waals surface area (Å²) in [6, 6.07) is 2.53. The van der Waals surface area contributed by atoms with Crippen molar-refractivity contribution in [3.05, 3.63) is 23.5 Å². The van der Waals surface area contributed by atoms with Crippen molar-refractivity contribution in [2.75, 3.05) is 17.7 Å². The third-order valence-electron chi connectivity index (χ3n) is 2.33. The average Bonchev–Trinajstić information content (AvgIpc) is 2.56. The smallest absolute Gasteiger partial charge is 0.296 e. The van der Waals surface area contributed by atoms with Crippen molar-refractivity contribution >= 4 is 29.1 Å². The van der Waals surface area contributed by atoms with Crippen LogP contribution in [0.2, 0.25) is 0 Å². The molecule has 0 saturated carbocycles. The van der Waals surface area contributed by atoms with Gasteiger partial charge in [0.2, 0.25) is 0 Å². The van der Waals surface area contributed by atoms with Gasteiger partial charge in [0.25, 0.3) is 11.7 Å². The first kappa shape index (κ1) is 12.1. The van der Waals surface area contributed by atoms with Crippen molar-refractivity contribution in [1.29, 1.82) is 0 Å². The Bertz CT molecular complexity index is 490. The van der Waals surface area contributed by atoms with E-state index in [-0.39, 0.29) is 12.2 Å². The number of aliphatic hydroxyl groups excluding tert-OH is 1. The van der Waals surface area contributed by atoms with E-state index in [1.54, 1.807) is 0 Å². The summed E-state index contributed by atoms with van der Waals surface area (Å²) in [5.41, 5.74) is 0.437. The number of hydrogen-bond acceptors (Lipinski definition) is 4. The van der Waals surface area contributed by atoms with Gasteiger partial charge in [-0.05, 0) is 18.6 Å². The van der Waals surface area contributed by atoms with Gasteiger partial charge in [-0.15, -0.1) is 11.8 Å². The minimum absolute atomic E-state index is 0.0504. The van der Waals surface area contributed by atoms with Crippen molar-refractivity contribution in [3.63, 3.8) is 0 Å². The van der Waals surface area contributed by atoms with Crippen LogP contribution in [0.1, 0.15) is 16.8 Å². The van der Waals surface area contributed by atoms with E-state index in [0.29, 0.717) is 22.8 Å². The summed E-state index contributed by atoms with van der Waals surface area (Å²) in [6.45, 7) is 0.0504. The molecule has 0 unspecified atom stereocenters. The number of aliphatic hydroxyl groups is 1. The second-order valence-corrected chi connectivity index (χ2v) is 4.67. The highest BCUT2D eigenvalue weighted by molar-refractivity contribution is 7.99. The molecule has 2 N–H and O–H groups in total. The molecule has 0 aliphatic carbocycles. The molecule has 4 nitrogen and oxygen atoms in total. The number of Topliss-reactive ketones (excluding diaryl/α,β-unsaturated/α-hetero) is 1. The summed E-state index contributed by atoms with van der Waals surface area (Å²) < 4.78 is 13.6. The predicted molar refractivity (Wildman–Crippen MR) is 61.8 cm³/mol. The molecule has 1 aromatic rings. The van der Waals surface area contributed by atoms with Crippen molar-refractivity contribution in [2.45, 2.75) is 11.3 Å². The zero-order valence-electron chi connectivity index (χ0n) is 8.83. The highest BCUT2D eigenvalue weighted by Crippen LogP contribution is 2.31. The number of halogens is 1. The van der Waals surface area contributed by atoms with Crippen LogP contribution in [0.25, 0.3) is 0 Å². The van der Waals surface area contributed by atoms with Crippen LogP contribution in [0.5, 0.6) is 0 Å². The third-order valence-corrected chi connectivity index (χ3v) is 3.45. The molecule has 1 aromatic carbocycles. The van der Waals surface area contributed by atoms with Crippen LogP contribution in [0.3, 0.4) is 0 Å². The number of anilines is 1. The molecule has 1 aliphatic heterocycles. The molecular weight excluding hydrogens is 245 g/mol. The molecule has 0 spiro atoms. The van der Waals surface area contributed by atoms with E-state index in [2.05, 4.69) is 5.32 Å². The molecule has 0 atom stereocenters. The summed E-state index contributed by atoms with van der Waals surface area (Å²) in [5.74, 6) is -1.37. The molecule has 0 aromatic heterocycles. The first-order valence-corrected chi connectivity index (χ1v) is 6.05. The second kappa shape index (κ2) is 4.85. The standard InChI is InChI=1S/C11H10FNO3S/c12-7-4-6-8(13-11(16)10(6)15)5-9(7)17-3-1-2-14/h4-5,14H,1-3H2,(H,13,15,16). The van der Waals surface area contributed by atoms with Crippen LogP contribution in [0.4, 0.5) is 10.1 Å². The number of hydrogen-bond donors (Lipinski definition) is 2. The van der Waals surface area contributed by atoms with Crippen LogP contribution in [-0.4, -0.2) is 29.2 Å². The number of benzene rings is 1. The van der Waals surface area contributed by atoms with Gasteiger partial charge in [0.15, 0.2) is 0 Å². The van der Waals surface area contributed by atoms with Gasteiger partial charge >= 0.3 is 0 Å². The number of carbonyl (C=O) groups excluding carboxylic acids is 2. The zero-order chi connectivity index (χ0) is 12.4. The van der Waals surface area contributed by atoms with Gasteiger partial charge in [-0.25, -0.2) is 4.39 Å². The molecule has 90 valence electrons. The number of thioether (sulfide) groups is 1. The molecule has 1 aliphatic rings. The van der Waals surface area contributed by atoms with Gasteiger partial charge < -0.3 is 10.4 Å². The lowest BCUT2D eigenvalue weighted by Gasteiger charge is -2.05. The maximum atomic E-state index is 13.6. The van der Waals surface area contributed by atoms with Crippen molar-refractivity contribution < 1.29 is 19.1 Å². The molecular formula is C11H10FNO3S. The number of ketones is 1. The van der Waals surface area contributed by atoms with E-state index in [1.807, 2.05) is 0 Å². The van der Waals surface area contributed by atoms with Crippen molar-refractivity contribution in [3.8, 4) is 0 Å². The van der Waals surface area contributed by atoms with Gasteiger partial charge in [-0.1, -0.05) is 0 Å². The normalized spacial score (nSPS) is 13.8. The molecule has 6 heteroatoms. The first-order chi connectivity index (χ1) is 8.13. The van der Waals surface area contributed by atoms with Gasteiger partial charge in [0.05, 0.1) is 11.3 Å². The van der Waals surface area contributed by atoms with Crippen LogP contribution in [0, 0.1) is 5.82 Å². The SMILES string of the molecule is O=C1Nc2cc(SCCCO)c(F)cc2C1=O. The number of fused-ring (bicyclic) bond motifs is 1. The number of nitrogens with one attached hydrogen (secondary N) is 1. The van der Waals surface area contributed by atoms with E-state index >= 15 is 0 Å². The van der Waals surface area contributed by atoms with E-state index in [1.165, 1.54) is 17.8 Å². The Hall–Kier alpha value is -1.40. The summed E-state index contributed by atoms with van der Waals surface area (Å²) in [7, 11) is 0. The molecule has 0 fully saturated rings. The molecule has 0 saturated heterocycles. The fraction of sp³-hybridized carbons (Fsp3) is 0.273. The Kier molecular flexibility index (Phi) is 3.44. The zero-order valence-corrected chi connectivity index (χ0v) is 9.64. The van der Waals surface area contributed by atoms with Crippen molar-refractivity contribution in [1.82, 2.24) is 0 Å². The summed E-state index contributed by atoms with van der Waals surface area (Å²) >= 11 is 1.24. The lowest BCUT2D eigenvalue weighted by Crippen LogP contribution is -2.12. The Morgan fingerprint density at radius 1 is 1.35 bits per heavy atom. The van der Waals surface area contributed by atoms with Gasteiger partial charge in [-0.2, -0.15) is 0 Å². The van der Waals surface area contributed by atoms with Gasteiger partial charge in [0.1, 0.15) is 5.82 Å². The number of rotatable bonds is 4. The molecule has 17 heavy (non-hydrogen) atoms. The van der Waals surface area contributed by atoms with Gasteiger partial charge in [-0.3, -0.25) is 9.59 Å². The highest BCUT2D eigenvalue weighted by Gasteiger charge is 2.29. The quantitative estimate of drug-likeness (QED) is 0.485. The Labute approximate surface area is 101 Å². The number of carbonyl (C=O) groups is 2. The van der Waals surface area contributed by atoms with Crippen LogP contribution < -0.4 is 5.32 Å². The van der Waals surface area contributed by atoms with E-state index in [0.717, 1.165) is 6.07 Å². The van der Waals surface area contributed by atoms with Crippen LogP contribution in [0.15, 0.2) is 17.0 Å². The van der Waals surface area contributed by atoms with Crippen molar-refractivity contribution in [2.24, 2.45) is 0 Å². The predicted octanol–water partition coefficient (Wildman–Crippen LogP) is 1.44. The monoisotopic (exact) mass is 255 g/mol. The summed E-state index contributed by atoms with van der Waals surface area (Å²) in [5, 5.41) is 11.0. The number of amides is 1. The van der Waals surface area contributed by atoms with E-state index < -0.39 is 17.5 Å². The fourth-order valence-electron chi connectivity index (χ4n) is 1.50. The molecule has 1 amide bonds. The topological polar surface area (TPSA) is 66.4 Å². The van der Waals surface area contributed by atoms with Crippen LogP contribution in [-0.2, 0) is 4.79 Å². The molecule has 2 rings (SSSR count). The Morgan fingerprint density at radius 3 is 2.82 bits per heavy atom. The first-order valence-electron chi connectivity index (χ1n) is 5.06. The minimum atomic E-state index is -0.725. The minimum Gasteiger partial charge on any atom is -0.396 e. The maximum absolute atomic E-state index is 13.6. The fourth-order valence-corrected chi connectivity index (χ4v) is 2.39. The Morgan fingerprint density at radius 2 is 2.12 bits per heavy atom. The average molecular weight is 255 g/mol. The summed E-state index contributed by atoms with van der Waals surface area (Å²) in [4.78, 5) is 22.8. The second-order valence-electron chi connectivity index (χ2n) is 3.54. The highest BCUT2D eigenvalue weighted by atomic mass is 32.2. The van der Waals surface area contributed by atoms with E-state index in [4.69, 9.17) is 5.11 Å². The summed E-state index contributed by atoms with van der Waals surface area (Å²) in [6.07, 6.45) is 0.562. The van der Waals surface area contributed by atoms with Gasteiger partial charge in [0, 0.05) is 17.3 Å².